The Morgan fingerprint density at radius 3 is 2.81 bits per heavy atom. The Kier molecular flexibility index (Phi) is 5.63. The van der Waals surface area contributed by atoms with E-state index in [9.17, 15) is 9.59 Å². The van der Waals surface area contributed by atoms with Crippen LogP contribution in [0, 0.1) is 13.8 Å². The molecule has 0 saturated heterocycles. The SMILES string of the molecule is Cc1ccc(C)c(C(=O)CCC(=O)OCc2coc(-c3cccs3)n2)c1. The summed E-state index contributed by atoms with van der Waals surface area (Å²) in [4.78, 5) is 29.4. The lowest BCUT2D eigenvalue weighted by molar-refractivity contribution is -0.145. The maximum absolute atomic E-state index is 12.3. The molecule has 0 fully saturated rings. The minimum Gasteiger partial charge on any atom is -0.459 e. The number of Topliss-reactive ketones (excluding diaryl/α,β-unsaturated/α-hetero) is 1. The van der Waals surface area contributed by atoms with Crippen LogP contribution in [0.3, 0.4) is 0 Å². The molecule has 0 aliphatic rings. The van der Waals surface area contributed by atoms with Crippen molar-refractivity contribution in [3.63, 3.8) is 0 Å². The van der Waals surface area contributed by atoms with Gasteiger partial charge in [-0.2, -0.15) is 0 Å². The summed E-state index contributed by atoms with van der Waals surface area (Å²) in [5.41, 5.74) is 3.14. The number of rotatable bonds is 7. The van der Waals surface area contributed by atoms with Gasteiger partial charge in [0.1, 0.15) is 18.6 Å². The number of ether oxygens (including phenoxy) is 1. The number of aromatic nitrogens is 1. The van der Waals surface area contributed by atoms with Crippen molar-refractivity contribution in [2.45, 2.75) is 33.3 Å². The normalized spacial score (nSPS) is 10.7. The number of esters is 1. The van der Waals surface area contributed by atoms with Gasteiger partial charge in [0.2, 0.25) is 5.89 Å². The van der Waals surface area contributed by atoms with E-state index < -0.39 is 5.97 Å². The first-order valence-electron chi connectivity index (χ1n) is 8.27. The summed E-state index contributed by atoms with van der Waals surface area (Å²) in [6.07, 6.45) is 1.65. The van der Waals surface area contributed by atoms with Crippen LogP contribution >= 0.6 is 11.3 Å². The van der Waals surface area contributed by atoms with Gasteiger partial charge in [0.05, 0.1) is 11.3 Å². The number of thiophene rings is 1. The minimum absolute atomic E-state index is 0.0331. The van der Waals surface area contributed by atoms with E-state index in [1.807, 2.05) is 49.6 Å². The molecule has 0 atom stereocenters. The van der Waals surface area contributed by atoms with E-state index >= 15 is 0 Å². The molecule has 0 spiro atoms. The zero-order chi connectivity index (χ0) is 18.5. The zero-order valence-electron chi connectivity index (χ0n) is 14.7. The van der Waals surface area contributed by atoms with E-state index in [-0.39, 0.29) is 25.2 Å². The second-order valence-electron chi connectivity index (χ2n) is 6.02. The topological polar surface area (TPSA) is 69.4 Å². The van der Waals surface area contributed by atoms with Crippen LogP contribution in [0.4, 0.5) is 0 Å². The Balaban J connectivity index is 1.49. The van der Waals surface area contributed by atoms with Gasteiger partial charge in [0, 0.05) is 12.0 Å². The molecule has 0 saturated carbocycles. The molecular weight excluding hydrogens is 350 g/mol. The lowest BCUT2D eigenvalue weighted by atomic mass is 9.99. The summed E-state index contributed by atoms with van der Waals surface area (Å²) in [5.74, 6) is 0.0325. The minimum atomic E-state index is -0.427. The summed E-state index contributed by atoms with van der Waals surface area (Å²) < 4.78 is 10.6. The second kappa shape index (κ2) is 8.10. The van der Waals surface area contributed by atoms with Crippen LogP contribution in [0.15, 0.2) is 46.4 Å². The van der Waals surface area contributed by atoms with Crippen LogP contribution < -0.4 is 0 Å². The number of carbonyl (C=O) groups excluding carboxylic acids is 2. The quantitative estimate of drug-likeness (QED) is 0.445. The highest BCUT2D eigenvalue weighted by Crippen LogP contribution is 2.23. The molecule has 2 aromatic heterocycles. The Bertz CT molecular complexity index is 912. The third-order valence-electron chi connectivity index (χ3n) is 3.91. The molecule has 6 heteroatoms. The third-order valence-corrected chi connectivity index (χ3v) is 4.77. The van der Waals surface area contributed by atoms with E-state index in [1.54, 1.807) is 0 Å². The predicted molar refractivity (Wildman–Crippen MR) is 99.1 cm³/mol. The number of carbonyl (C=O) groups is 2. The molecule has 0 aliphatic heterocycles. The van der Waals surface area contributed by atoms with Gasteiger partial charge < -0.3 is 9.15 Å². The molecule has 0 N–H and O–H groups in total. The Morgan fingerprint density at radius 1 is 1.19 bits per heavy atom. The maximum Gasteiger partial charge on any atom is 0.306 e. The van der Waals surface area contributed by atoms with Gasteiger partial charge in [0.15, 0.2) is 5.78 Å². The second-order valence-corrected chi connectivity index (χ2v) is 6.97. The molecule has 3 aromatic rings. The molecule has 2 heterocycles. The van der Waals surface area contributed by atoms with Gasteiger partial charge in [0.25, 0.3) is 0 Å². The number of hydrogen-bond acceptors (Lipinski definition) is 6. The van der Waals surface area contributed by atoms with E-state index in [0.29, 0.717) is 17.1 Å². The monoisotopic (exact) mass is 369 g/mol. The van der Waals surface area contributed by atoms with Crippen molar-refractivity contribution in [3.8, 4) is 10.8 Å². The standard InChI is InChI=1S/C20H19NO4S/c1-13-5-6-14(2)16(10-13)17(22)7-8-19(23)24-11-15-12-25-20(21-15)18-4-3-9-26-18/h3-6,9-10,12H,7-8,11H2,1-2H3. The number of benzene rings is 1. The highest BCUT2D eigenvalue weighted by atomic mass is 32.1. The smallest absolute Gasteiger partial charge is 0.306 e. The largest absolute Gasteiger partial charge is 0.459 e. The van der Waals surface area contributed by atoms with Crippen molar-refractivity contribution >= 4 is 23.1 Å². The zero-order valence-corrected chi connectivity index (χ0v) is 15.5. The number of hydrogen-bond donors (Lipinski definition) is 0. The van der Waals surface area contributed by atoms with Crippen LogP contribution in [0.25, 0.3) is 10.8 Å². The molecule has 134 valence electrons. The fourth-order valence-corrected chi connectivity index (χ4v) is 3.16. The Hall–Kier alpha value is -2.73. The molecule has 0 radical (unpaired) electrons. The van der Waals surface area contributed by atoms with Gasteiger partial charge in [-0.05, 0) is 36.9 Å². The maximum atomic E-state index is 12.3. The average molecular weight is 369 g/mol. The summed E-state index contributed by atoms with van der Waals surface area (Å²) in [6, 6.07) is 9.55. The van der Waals surface area contributed by atoms with Crippen LogP contribution in [0.2, 0.25) is 0 Å². The summed E-state index contributed by atoms with van der Waals surface area (Å²) in [6.45, 7) is 3.86. The highest BCUT2D eigenvalue weighted by Gasteiger charge is 2.14. The van der Waals surface area contributed by atoms with Gasteiger partial charge in [-0.25, -0.2) is 4.98 Å². The van der Waals surface area contributed by atoms with Crippen molar-refractivity contribution in [2.24, 2.45) is 0 Å². The number of nitrogens with zero attached hydrogens (tertiary/aromatic N) is 1. The first kappa shape index (κ1) is 18.1. The predicted octanol–water partition coefficient (Wildman–Crippen LogP) is 4.73. The number of oxazole rings is 1. The molecular formula is C20H19NO4S. The fraction of sp³-hybridized carbons (Fsp3) is 0.250. The van der Waals surface area contributed by atoms with Crippen LogP contribution in [0.1, 0.15) is 40.0 Å². The number of aryl methyl sites for hydroxylation is 2. The van der Waals surface area contributed by atoms with E-state index in [4.69, 9.17) is 9.15 Å². The van der Waals surface area contributed by atoms with Crippen molar-refractivity contribution in [3.05, 3.63) is 64.4 Å². The molecule has 26 heavy (non-hydrogen) atoms. The molecule has 0 bridgehead atoms. The van der Waals surface area contributed by atoms with Crippen molar-refractivity contribution in [1.82, 2.24) is 4.98 Å². The lowest BCUT2D eigenvalue weighted by Gasteiger charge is -2.06. The van der Waals surface area contributed by atoms with Crippen molar-refractivity contribution in [2.75, 3.05) is 0 Å². The van der Waals surface area contributed by atoms with Crippen LogP contribution in [0.5, 0.6) is 0 Å². The Morgan fingerprint density at radius 2 is 2.04 bits per heavy atom. The Labute approximate surface area is 155 Å². The van der Waals surface area contributed by atoms with Gasteiger partial charge in [-0.1, -0.05) is 23.8 Å². The molecule has 0 aliphatic carbocycles. The summed E-state index contributed by atoms with van der Waals surface area (Å²) >= 11 is 1.52. The van der Waals surface area contributed by atoms with Crippen LogP contribution in [-0.4, -0.2) is 16.7 Å². The first-order valence-corrected chi connectivity index (χ1v) is 9.15. The molecule has 5 nitrogen and oxygen atoms in total. The molecule has 0 amide bonds. The van der Waals surface area contributed by atoms with Crippen molar-refractivity contribution < 1.29 is 18.7 Å². The summed E-state index contributed by atoms with van der Waals surface area (Å²) in [5, 5.41) is 1.94. The van der Waals surface area contributed by atoms with Gasteiger partial charge >= 0.3 is 5.97 Å². The lowest BCUT2D eigenvalue weighted by Crippen LogP contribution is -2.09. The number of ketones is 1. The van der Waals surface area contributed by atoms with Crippen molar-refractivity contribution in [1.29, 1.82) is 0 Å². The molecule has 1 aromatic carbocycles. The third kappa shape index (κ3) is 4.46. The fourth-order valence-electron chi connectivity index (χ4n) is 2.50. The highest BCUT2D eigenvalue weighted by molar-refractivity contribution is 7.13. The van der Waals surface area contributed by atoms with Crippen LogP contribution in [-0.2, 0) is 16.1 Å². The van der Waals surface area contributed by atoms with Gasteiger partial charge in [-0.15, -0.1) is 11.3 Å². The first-order chi connectivity index (χ1) is 12.5. The van der Waals surface area contributed by atoms with E-state index in [0.717, 1.165) is 16.0 Å². The summed E-state index contributed by atoms with van der Waals surface area (Å²) in [7, 11) is 0. The van der Waals surface area contributed by atoms with Gasteiger partial charge in [-0.3, -0.25) is 9.59 Å². The van der Waals surface area contributed by atoms with E-state index in [2.05, 4.69) is 4.98 Å². The molecule has 0 unspecified atom stereocenters. The molecule has 3 rings (SSSR count). The van der Waals surface area contributed by atoms with E-state index in [1.165, 1.54) is 17.6 Å². The average Bonchev–Trinajstić information content (AvgIpc) is 3.31.